The molecule has 41 heavy (non-hydrogen) atoms. The lowest BCUT2D eigenvalue weighted by atomic mass is 9.83. The monoisotopic (exact) mass is 593 g/mol. The highest BCUT2D eigenvalue weighted by Crippen LogP contribution is 2.31. The summed E-state index contributed by atoms with van der Waals surface area (Å²) in [6.45, 7) is -0.792. The predicted molar refractivity (Wildman–Crippen MR) is 144 cm³/mol. The van der Waals surface area contributed by atoms with E-state index in [1.165, 1.54) is 0 Å². The number of aliphatic hydroxyl groups is 7. The van der Waals surface area contributed by atoms with Crippen molar-refractivity contribution in [2.24, 2.45) is 11.5 Å². The Labute approximate surface area is 238 Å². The second-order valence-electron chi connectivity index (χ2n) is 10.6. The molecule has 0 aromatic rings. The first kappa shape index (κ1) is 34.0. The molecule has 0 aromatic carbocycles. The first-order valence-electron chi connectivity index (χ1n) is 13.8. The standard InChI is InChI=1S/C25H47N5O11/c1-28-19-12(7-31)11-38-25(20(19)36)41-23-18(30-13(8-32)9-33)4-17(27)22(21(23)37)40-24-16(26)3-2-15(39-24)6-29-5-14(35)10-34/h2,7,13-14,16-25,28-37H,3-6,8-11,26-27H2,1H3/b12-7-/t14?,16-,17+,18-,19+,20-,21+,22?,23+,24-,25-/m1/s1. The normalized spacial score (nSPS) is 38.1. The summed E-state index contributed by atoms with van der Waals surface area (Å²) in [5, 5.41) is 78.6. The van der Waals surface area contributed by atoms with Crippen molar-refractivity contribution in [3.63, 3.8) is 0 Å². The molecule has 16 nitrogen and oxygen atoms in total. The molecule has 0 amide bonds. The first-order chi connectivity index (χ1) is 19.7. The molecule has 11 atom stereocenters. The number of nitrogens with one attached hydrogen (secondary N) is 3. The molecule has 0 radical (unpaired) electrons. The number of aliphatic hydroxyl groups excluding tert-OH is 7. The van der Waals surface area contributed by atoms with Gasteiger partial charge < -0.3 is 82.1 Å². The van der Waals surface area contributed by atoms with Crippen LogP contribution in [0.25, 0.3) is 0 Å². The summed E-state index contributed by atoms with van der Waals surface area (Å²) in [7, 11) is 1.61. The van der Waals surface area contributed by atoms with Gasteiger partial charge in [0.1, 0.15) is 30.2 Å². The van der Waals surface area contributed by atoms with Crippen LogP contribution in [0.3, 0.4) is 0 Å². The van der Waals surface area contributed by atoms with Crippen LogP contribution in [-0.4, -0.2) is 156 Å². The zero-order valence-corrected chi connectivity index (χ0v) is 23.2. The van der Waals surface area contributed by atoms with Crippen LogP contribution < -0.4 is 27.4 Å². The van der Waals surface area contributed by atoms with Gasteiger partial charge in [-0.15, -0.1) is 0 Å². The van der Waals surface area contributed by atoms with Crippen molar-refractivity contribution in [2.45, 2.75) is 86.2 Å². The minimum absolute atomic E-state index is 0.0385. The van der Waals surface area contributed by atoms with E-state index in [1.807, 2.05) is 0 Å². The Morgan fingerprint density at radius 1 is 1.05 bits per heavy atom. The van der Waals surface area contributed by atoms with Gasteiger partial charge in [-0.05, 0) is 26.0 Å². The molecule has 1 saturated heterocycles. The second kappa shape index (κ2) is 16.4. The summed E-state index contributed by atoms with van der Waals surface area (Å²) in [6.07, 6.45) is -4.58. The quantitative estimate of drug-likeness (QED) is 0.0839. The minimum Gasteiger partial charge on any atom is -0.515 e. The number of hydrogen-bond donors (Lipinski definition) is 12. The maximum Gasteiger partial charge on any atom is 0.215 e. The van der Waals surface area contributed by atoms with E-state index in [-0.39, 0.29) is 45.9 Å². The average molecular weight is 594 g/mol. The van der Waals surface area contributed by atoms with Gasteiger partial charge in [0.2, 0.25) is 6.29 Å². The maximum atomic E-state index is 11.5. The lowest BCUT2D eigenvalue weighted by Crippen LogP contribution is -2.68. The Balaban J connectivity index is 1.74. The van der Waals surface area contributed by atoms with Crippen LogP contribution in [0.2, 0.25) is 0 Å². The number of ether oxygens (including phenoxy) is 4. The van der Waals surface area contributed by atoms with Crippen molar-refractivity contribution in [2.75, 3.05) is 46.6 Å². The van der Waals surface area contributed by atoms with Gasteiger partial charge in [0.15, 0.2) is 6.29 Å². The molecule has 2 aliphatic heterocycles. The van der Waals surface area contributed by atoms with Crippen LogP contribution >= 0.6 is 0 Å². The zero-order chi connectivity index (χ0) is 30.1. The maximum absolute atomic E-state index is 11.5. The summed E-state index contributed by atoms with van der Waals surface area (Å²) in [5.41, 5.74) is 13.1. The predicted octanol–water partition coefficient (Wildman–Crippen LogP) is -5.19. The van der Waals surface area contributed by atoms with Gasteiger partial charge >= 0.3 is 0 Å². The lowest BCUT2D eigenvalue weighted by Gasteiger charge is -2.47. The number of rotatable bonds is 14. The fourth-order valence-electron chi connectivity index (χ4n) is 5.20. The zero-order valence-electron chi connectivity index (χ0n) is 23.2. The van der Waals surface area contributed by atoms with E-state index < -0.39 is 73.3 Å². The molecule has 2 unspecified atom stereocenters. The van der Waals surface area contributed by atoms with Crippen molar-refractivity contribution in [1.29, 1.82) is 0 Å². The van der Waals surface area contributed by atoms with Crippen LogP contribution in [0.5, 0.6) is 0 Å². The number of likely N-dealkylation sites (N-methyl/N-ethyl adjacent to an activating group) is 1. The molecular weight excluding hydrogens is 546 g/mol. The second-order valence-corrected chi connectivity index (χ2v) is 10.6. The molecule has 2 heterocycles. The van der Waals surface area contributed by atoms with E-state index in [4.69, 9.17) is 35.5 Å². The highest BCUT2D eigenvalue weighted by atomic mass is 16.7. The fraction of sp³-hybridized carbons (Fsp3) is 0.840. The highest BCUT2D eigenvalue weighted by Gasteiger charge is 2.49. The topological polar surface area (TPSA) is 267 Å². The van der Waals surface area contributed by atoms with Crippen LogP contribution in [0.4, 0.5) is 0 Å². The third kappa shape index (κ3) is 8.77. The van der Waals surface area contributed by atoms with E-state index in [0.717, 1.165) is 6.26 Å². The first-order valence-corrected chi connectivity index (χ1v) is 13.8. The molecule has 16 heteroatoms. The Bertz CT molecular complexity index is 851. The molecule has 0 spiro atoms. The Morgan fingerprint density at radius 2 is 1.76 bits per heavy atom. The Kier molecular flexibility index (Phi) is 13.6. The molecule has 2 fully saturated rings. The van der Waals surface area contributed by atoms with Crippen LogP contribution in [0.15, 0.2) is 23.7 Å². The van der Waals surface area contributed by atoms with E-state index in [2.05, 4.69) is 16.0 Å². The third-order valence-corrected chi connectivity index (χ3v) is 7.53. The molecular formula is C25H47N5O11. The van der Waals surface area contributed by atoms with Gasteiger partial charge in [0.05, 0.1) is 63.5 Å². The van der Waals surface area contributed by atoms with Crippen molar-refractivity contribution in [3.05, 3.63) is 23.7 Å². The van der Waals surface area contributed by atoms with Gasteiger partial charge in [-0.3, -0.25) is 0 Å². The van der Waals surface area contributed by atoms with Crippen molar-refractivity contribution >= 4 is 0 Å². The summed E-state index contributed by atoms with van der Waals surface area (Å²) in [6, 6.07) is -3.40. The Morgan fingerprint density at radius 3 is 2.39 bits per heavy atom. The molecule has 1 saturated carbocycles. The lowest BCUT2D eigenvalue weighted by molar-refractivity contribution is -0.276. The summed E-state index contributed by atoms with van der Waals surface area (Å²) >= 11 is 0. The third-order valence-electron chi connectivity index (χ3n) is 7.53. The summed E-state index contributed by atoms with van der Waals surface area (Å²) in [4.78, 5) is 0. The van der Waals surface area contributed by atoms with Crippen molar-refractivity contribution in [1.82, 2.24) is 16.0 Å². The number of hydrogen-bond acceptors (Lipinski definition) is 16. The van der Waals surface area contributed by atoms with Gasteiger partial charge in [0, 0.05) is 24.2 Å². The van der Waals surface area contributed by atoms with Gasteiger partial charge in [-0.1, -0.05) is 0 Å². The Hall–Kier alpha value is -1.48. The van der Waals surface area contributed by atoms with Crippen LogP contribution in [-0.2, 0) is 18.9 Å². The highest BCUT2D eigenvalue weighted by molar-refractivity contribution is 5.14. The summed E-state index contributed by atoms with van der Waals surface area (Å²) < 4.78 is 23.8. The van der Waals surface area contributed by atoms with Crippen LogP contribution in [0.1, 0.15) is 12.8 Å². The van der Waals surface area contributed by atoms with E-state index >= 15 is 0 Å². The fourth-order valence-corrected chi connectivity index (χ4v) is 5.20. The molecule has 3 aliphatic rings. The SMILES string of the molecule is CN[C@H]1/C(=C\O)CO[C@H](O[C@H]2[C@H](NC(CO)CO)C[C@H](N)C(O[C@H]3OC(CNCC(O)CO)=CC[C@H]3N)[C@@H]2O)[C@@H]1O. The van der Waals surface area contributed by atoms with Gasteiger partial charge in [-0.25, -0.2) is 0 Å². The number of nitrogens with two attached hydrogens (primary N) is 2. The van der Waals surface area contributed by atoms with E-state index in [9.17, 15) is 30.6 Å². The van der Waals surface area contributed by atoms with E-state index in [0.29, 0.717) is 17.8 Å². The molecule has 0 aromatic heterocycles. The minimum atomic E-state index is -1.38. The molecule has 14 N–H and O–H groups in total. The summed E-state index contributed by atoms with van der Waals surface area (Å²) in [5.74, 6) is 0.506. The average Bonchev–Trinajstić information content (AvgIpc) is 2.97. The smallest absolute Gasteiger partial charge is 0.215 e. The van der Waals surface area contributed by atoms with Crippen LogP contribution in [0, 0.1) is 0 Å². The van der Waals surface area contributed by atoms with Crippen molar-refractivity contribution < 1.29 is 54.7 Å². The molecule has 3 rings (SSSR count). The van der Waals surface area contributed by atoms with Gasteiger partial charge in [-0.2, -0.15) is 0 Å². The molecule has 238 valence electrons. The van der Waals surface area contributed by atoms with Crippen molar-refractivity contribution in [3.8, 4) is 0 Å². The molecule has 0 bridgehead atoms. The largest absolute Gasteiger partial charge is 0.515 e. The van der Waals surface area contributed by atoms with Gasteiger partial charge in [0.25, 0.3) is 0 Å². The molecule has 1 aliphatic carbocycles. The van der Waals surface area contributed by atoms with E-state index in [1.54, 1.807) is 13.1 Å².